The van der Waals surface area contributed by atoms with E-state index in [-0.39, 0.29) is 11.9 Å². The lowest BCUT2D eigenvalue weighted by Gasteiger charge is -2.29. The van der Waals surface area contributed by atoms with Gasteiger partial charge in [-0.05, 0) is 44.8 Å². The van der Waals surface area contributed by atoms with E-state index in [9.17, 15) is 4.39 Å². The van der Waals surface area contributed by atoms with Gasteiger partial charge < -0.3 is 5.32 Å². The highest BCUT2D eigenvalue weighted by atomic mass is 19.1. The maximum atomic E-state index is 14.1. The molecule has 1 aromatic rings. The standard InChI is InChI=1S/C17H27FN2/c1-3-11-19-17(15-9-5-6-10-16(15)18)13-20-12-7-8-14(20)4-2/h5-6,9-10,14,17,19H,3-4,7-8,11-13H2,1-2H3. The third-order valence-corrected chi connectivity index (χ3v) is 4.31. The zero-order valence-corrected chi connectivity index (χ0v) is 12.7. The molecule has 0 spiro atoms. The molecule has 1 fully saturated rings. The molecule has 20 heavy (non-hydrogen) atoms. The van der Waals surface area contributed by atoms with Crippen molar-refractivity contribution in [1.29, 1.82) is 0 Å². The van der Waals surface area contributed by atoms with Gasteiger partial charge in [0.2, 0.25) is 0 Å². The normalized spacial score (nSPS) is 21.2. The SMILES string of the molecule is CCCNC(CN1CCCC1CC)c1ccccc1F. The number of nitrogens with one attached hydrogen (secondary N) is 1. The lowest BCUT2D eigenvalue weighted by atomic mass is 10.0. The summed E-state index contributed by atoms with van der Waals surface area (Å²) in [5.74, 6) is -0.0895. The Morgan fingerprint density at radius 1 is 1.35 bits per heavy atom. The molecule has 0 saturated carbocycles. The first-order valence-corrected chi connectivity index (χ1v) is 7.98. The van der Waals surface area contributed by atoms with Gasteiger partial charge >= 0.3 is 0 Å². The van der Waals surface area contributed by atoms with Crippen molar-refractivity contribution in [2.24, 2.45) is 0 Å². The minimum absolute atomic E-state index is 0.0895. The molecule has 1 aliphatic rings. The summed E-state index contributed by atoms with van der Waals surface area (Å²) in [7, 11) is 0. The molecule has 1 saturated heterocycles. The maximum absolute atomic E-state index is 14.1. The second kappa shape index (κ2) is 7.75. The van der Waals surface area contributed by atoms with Gasteiger partial charge in [-0.3, -0.25) is 4.90 Å². The van der Waals surface area contributed by atoms with Gasteiger partial charge in [0, 0.05) is 24.2 Å². The van der Waals surface area contributed by atoms with Crippen LogP contribution < -0.4 is 5.32 Å². The van der Waals surface area contributed by atoms with Gasteiger partial charge in [0.1, 0.15) is 5.82 Å². The number of nitrogens with zero attached hydrogens (tertiary/aromatic N) is 1. The second-order valence-corrected chi connectivity index (χ2v) is 5.73. The summed E-state index contributed by atoms with van der Waals surface area (Å²) in [6.45, 7) is 7.40. The van der Waals surface area contributed by atoms with Crippen LogP contribution in [-0.4, -0.2) is 30.6 Å². The lowest BCUT2D eigenvalue weighted by Crippen LogP contribution is -2.38. The van der Waals surface area contributed by atoms with Crippen LogP contribution in [0, 0.1) is 5.82 Å². The average Bonchev–Trinajstić information content (AvgIpc) is 2.91. The molecule has 2 atom stereocenters. The highest BCUT2D eigenvalue weighted by Crippen LogP contribution is 2.25. The Bertz CT molecular complexity index is 408. The summed E-state index contributed by atoms with van der Waals surface area (Å²) in [5, 5.41) is 3.52. The Morgan fingerprint density at radius 2 is 2.15 bits per heavy atom. The molecule has 2 unspecified atom stereocenters. The number of hydrogen-bond donors (Lipinski definition) is 1. The van der Waals surface area contributed by atoms with Crippen LogP contribution in [0.1, 0.15) is 51.1 Å². The molecule has 0 aromatic heterocycles. The largest absolute Gasteiger partial charge is 0.309 e. The second-order valence-electron chi connectivity index (χ2n) is 5.73. The van der Waals surface area contributed by atoms with Crippen LogP contribution >= 0.6 is 0 Å². The van der Waals surface area contributed by atoms with Crippen molar-refractivity contribution in [3.8, 4) is 0 Å². The first-order chi connectivity index (χ1) is 9.76. The Labute approximate surface area is 122 Å². The van der Waals surface area contributed by atoms with Crippen molar-refractivity contribution in [2.75, 3.05) is 19.6 Å². The Morgan fingerprint density at radius 3 is 2.85 bits per heavy atom. The van der Waals surface area contributed by atoms with E-state index in [2.05, 4.69) is 24.1 Å². The molecule has 1 aliphatic heterocycles. The van der Waals surface area contributed by atoms with E-state index in [0.717, 1.165) is 31.6 Å². The third-order valence-electron chi connectivity index (χ3n) is 4.31. The number of halogens is 1. The molecule has 112 valence electrons. The molecule has 3 heteroatoms. The van der Waals surface area contributed by atoms with Gasteiger partial charge in [-0.2, -0.15) is 0 Å². The van der Waals surface area contributed by atoms with Crippen molar-refractivity contribution in [2.45, 2.75) is 51.6 Å². The van der Waals surface area contributed by atoms with Crippen molar-refractivity contribution in [1.82, 2.24) is 10.2 Å². The molecule has 0 bridgehead atoms. The summed E-state index contributed by atoms with van der Waals surface area (Å²) < 4.78 is 14.1. The van der Waals surface area contributed by atoms with Gasteiger partial charge in [0.05, 0.1) is 0 Å². The van der Waals surface area contributed by atoms with E-state index >= 15 is 0 Å². The van der Waals surface area contributed by atoms with Crippen molar-refractivity contribution in [3.63, 3.8) is 0 Å². The maximum Gasteiger partial charge on any atom is 0.128 e. The molecule has 2 nitrogen and oxygen atoms in total. The molecule has 0 aliphatic carbocycles. The number of hydrogen-bond acceptors (Lipinski definition) is 2. The van der Waals surface area contributed by atoms with Crippen LogP contribution in [0.15, 0.2) is 24.3 Å². The van der Waals surface area contributed by atoms with Crippen LogP contribution in [-0.2, 0) is 0 Å². The van der Waals surface area contributed by atoms with E-state index in [4.69, 9.17) is 0 Å². The Hall–Kier alpha value is -0.930. The van der Waals surface area contributed by atoms with E-state index in [1.54, 1.807) is 12.1 Å². The molecular formula is C17H27FN2. The topological polar surface area (TPSA) is 15.3 Å². The Kier molecular flexibility index (Phi) is 5.99. The van der Waals surface area contributed by atoms with Crippen LogP contribution in [0.3, 0.4) is 0 Å². The summed E-state index contributed by atoms with van der Waals surface area (Å²) in [6, 6.07) is 7.95. The number of benzene rings is 1. The van der Waals surface area contributed by atoms with E-state index < -0.39 is 0 Å². The molecule has 1 aromatic carbocycles. The van der Waals surface area contributed by atoms with Crippen molar-refractivity contribution < 1.29 is 4.39 Å². The zero-order valence-electron chi connectivity index (χ0n) is 12.7. The predicted octanol–water partition coefficient (Wildman–Crippen LogP) is 3.74. The van der Waals surface area contributed by atoms with Gasteiger partial charge in [-0.25, -0.2) is 4.39 Å². The minimum Gasteiger partial charge on any atom is -0.309 e. The van der Waals surface area contributed by atoms with Crippen LogP contribution in [0.25, 0.3) is 0 Å². The summed E-state index contributed by atoms with van der Waals surface area (Å²) in [4.78, 5) is 2.53. The minimum atomic E-state index is -0.0895. The summed E-state index contributed by atoms with van der Waals surface area (Å²) >= 11 is 0. The van der Waals surface area contributed by atoms with Crippen LogP contribution in [0.2, 0.25) is 0 Å². The van der Waals surface area contributed by atoms with Gasteiger partial charge in [-0.1, -0.05) is 32.0 Å². The number of rotatable bonds is 7. The zero-order chi connectivity index (χ0) is 14.4. The fourth-order valence-electron chi connectivity index (χ4n) is 3.18. The van der Waals surface area contributed by atoms with Crippen molar-refractivity contribution >= 4 is 0 Å². The highest BCUT2D eigenvalue weighted by Gasteiger charge is 2.26. The quantitative estimate of drug-likeness (QED) is 0.817. The molecule has 0 radical (unpaired) electrons. The molecule has 0 amide bonds. The van der Waals surface area contributed by atoms with E-state index in [1.807, 2.05) is 12.1 Å². The monoisotopic (exact) mass is 278 g/mol. The first-order valence-electron chi connectivity index (χ1n) is 7.98. The van der Waals surface area contributed by atoms with Gasteiger partial charge in [0.25, 0.3) is 0 Å². The van der Waals surface area contributed by atoms with Gasteiger partial charge in [0.15, 0.2) is 0 Å². The van der Waals surface area contributed by atoms with Gasteiger partial charge in [-0.15, -0.1) is 0 Å². The van der Waals surface area contributed by atoms with Crippen LogP contribution in [0.4, 0.5) is 4.39 Å². The smallest absolute Gasteiger partial charge is 0.128 e. The fourth-order valence-corrected chi connectivity index (χ4v) is 3.18. The highest BCUT2D eigenvalue weighted by molar-refractivity contribution is 5.21. The van der Waals surface area contributed by atoms with Crippen LogP contribution in [0.5, 0.6) is 0 Å². The molecule has 2 rings (SSSR count). The summed E-state index contributed by atoms with van der Waals surface area (Å²) in [5.41, 5.74) is 0.808. The predicted molar refractivity (Wildman–Crippen MR) is 82.3 cm³/mol. The van der Waals surface area contributed by atoms with E-state index in [1.165, 1.54) is 19.3 Å². The summed E-state index contributed by atoms with van der Waals surface area (Å²) in [6.07, 6.45) is 4.82. The molecular weight excluding hydrogens is 251 g/mol. The molecule has 1 N–H and O–H groups in total. The first kappa shape index (κ1) is 15.5. The average molecular weight is 278 g/mol. The fraction of sp³-hybridized carbons (Fsp3) is 0.647. The van der Waals surface area contributed by atoms with Crippen molar-refractivity contribution in [3.05, 3.63) is 35.6 Å². The van der Waals surface area contributed by atoms with E-state index in [0.29, 0.717) is 6.04 Å². The molecule has 1 heterocycles. The number of likely N-dealkylation sites (tertiary alicyclic amines) is 1. The Balaban J connectivity index is 2.09. The lowest BCUT2D eigenvalue weighted by molar-refractivity contribution is 0.219. The third kappa shape index (κ3) is 3.80.